The average molecular weight is 251 g/mol. The zero-order valence-electron chi connectivity index (χ0n) is 10.7. The quantitative estimate of drug-likeness (QED) is 0.815. The maximum atomic E-state index is 11.8. The van der Waals surface area contributed by atoms with Crippen molar-refractivity contribution in [2.75, 3.05) is 0 Å². The summed E-state index contributed by atoms with van der Waals surface area (Å²) in [7, 11) is 0. The molecule has 0 saturated carbocycles. The standard InChI is InChI=1S/C12H17N3O3/c1-7(2)4-10(12(17)18)15-11(16)9-5-13-8(3)14-6-9/h5-7,10H,4H2,1-3H3,(H,15,16)(H,17,18)/t10-/m1/s1. The summed E-state index contributed by atoms with van der Waals surface area (Å²) in [6, 6.07) is -0.890. The van der Waals surface area contributed by atoms with E-state index in [1.165, 1.54) is 12.4 Å². The lowest BCUT2D eigenvalue weighted by Gasteiger charge is -2.16. The molecule has 0 bridgehead atoms. The molecule has 0 unspecified atom stereocenters. The normalized spacial score (nSPS) is 12.2. The van der Waals surface area contributed by atoms with Crippen LogP contribution in [0.1, 0.15) is 36.5 Å². The second-order valence-corrected chi connectivity index (χ2v) is 4.51. The van der Waals surface area contributed by atoms with Crippen molar-refractivity contribution in [2.45, 2.75) is 33.2 Å². The fraction of sp³-hybridized carbons (Fsp3) is 0.500. The molecule has 98 valence electrons. The largest absolute Gasteiger partial charge is 0.480 e. The van der Waals surface area contributed by atoms with Gasteiger partial charge in [0.15, 0.2) is 0 Å². The third kappa shape index (κ3) is 4.12. The predicted molar refractivity (Wildman–Crippen MR) is 65.1 cm³/mol. The second kappa shape index (κ2) is 6.09. The molecule has 1 aromatic rings. The van der Waals surface area contributed by atoms with Crippen LogP contribution in [0.2, 0.25) is 0 Å². The molecule has 0 spiro atoms. The van der Waals surface area contributed by atoms with Gasteiger partial charge in [0.05, 0.1) is 5.56 Å². The summed E-state index contributed by atoms with van der Waals surface area (Å²) in [5, 5.41) is 11.5. The predicted octanol–water partition coefficient (Wildman–Crippen LogP) is 1.01. The van der Waals surface area contributed by atoms with E-state index in [-0.39, 0.29) is 11.5 Å². The molecule has 1 heterocycles. The first-order valence-electron chi connectivity index (χ1n) is 5.72. The third-order valence-electron chi connectivity index (χ3n) is 2.35. The van der Waals surface area contributed by atoms with Gasteiger partial charge in [0.25, 0.3) is 5.91 Å². The molecule has 0 aliphatic heterocycles. The number of amides is 1. The van der Waals surface area contributed by atoms with Crippen molar-refractivity contribution in [3.05, 3.63) is 23.8 Å². The molecular formula is C12H17N3O3. The lowest BCUT2D eigenvalue weighted by atomic mass is 10.0. The summed E-state index contributed by atoms with van der Waals surface area (Å²) in [4.78, 5) is 30.6. The van der Waals surface area contributed by atoms with Gasteiger partial charge in [-0.1, -0.05) is 13.8 Å². The summed E-state index contributed by atoms with van der Waals surface area (Å²) in [6.45, 7) is 5.51. The van der Waals surface area contributed by atoms with Crippen molar-refractivity contribution in [3.63, 3.8) is 0 Å². The van der Waals surface area contributed by atoms with Crippen molar-refractivity contribution in [2.24, 2.45) is 5.92 Å². The van der Waals surface area contributed by atoms with Crippen molar-refractivity contribution < 1.29 is 14.7 Å². The molecule has 1 atom stereocenters. The number of carboxylic acids is 1. The van der Waals surface area contributed by atoms with Crippen LogP contribution in [-0.4, -0.2) is 33.0 Å². The van der Waals surface area contributed by atoms with E-state index < -0.39 is 17.9 Å². The van der Waals surface area contributed by atoms with E-state index >= 15 is 0 Å². The molecular weight excluding hydrogens is 234 g/mol. The molecule has 0 aromatic carbocycles. The number of nitrogens with one attached hydrogen (secondary N) is 1. The Labute approximate surface area is 105 Å². The van der Waals surface area contributed by atoms with Gasteiger partial charge < -0.3 is 10.4 Å². The maximum Gasteiger partial charge on any atom is 0.326 e. The summed E-state index contributed by atoms with van der Waals surface area (Å²) < 4.78 is 0. The van der Waals surface area contributed by atoms with Crippen LogP contribution in [0.4, 0.5) is 0 Å². The van der Waals surface area contributed by atoms with E-state index in [0.29, 0.717) is 12.2 Å². The number of nitrogens with zero attached hydrogens (tertiary/aromatic N) is 2. The molecule has 0 saturated heterocycles. The number of aromatic nitrogens is 2. The van der Waals surface area contributed by atoms with Crippen LogP contribution in [-0.2, 0) is 4.79 Å². The lowest BCUT2D eigenvalue weighted by Crippen LogP contribution is -2.41. The van der Waals surface area contributed by atoms with Crippen molar-refractivity contribution >= 4 is 11.9 Å². The zero-order valence-corrected chi connectivity index (χ0v) is 10.7. The summed E-state index contributed by atoms with van der Waals surface area (Å²) in [6.07, 6.45) is 3.14. The molecule has 1 aromatic heterocycles. The van der Waals surface area contributed by atoms with Crippen LogP contribution in [0.15, 0.2) is 12.4 Å². The van der Waals surface area contributed by atoms with Gasteiger partial charge in [-0.05, 0) is 19.3 Å². The Balaban J connectivity index is 2.72. The molecule has 0 aliphatic carbocycles. The Kier molecular flexibility index (Phi) is 4.76. The van der Waals surface area contributed by atoms with E-state index in [2.05, 4.69) is 15.3 Å². The van der Waals surface area contributed by atoms with Gasteiger partial charge in [0.1, 0.15) is 11.9 Å². The molecule has 0 fully saturated rings. The number of aryl methyl sites for hydroxylation is 1. The number of carbonyl (C=O) groups excluding carboxylic acids is 1. The smallest absolute Gasteiger partial charge is 0.326 e. The Morgan fingerprint density at radius 2 is 1.89 bits per heavy atom. The molecule has 6 nitrogen and oxygen atoms in total. The number of aliphatic carboxylic acids is 1. The van der Waals surface area contributed by atoms with Crippen molar-refractivity contribution in [3.8, 4) is 0 Å². The van der Waals surface area contributed by atoms with E-state index in [1.807, 2.05) is 13.8 Å². The first-order valence-corrected chi connectivity index (χ1v) is 5.72. The SMILES string of the molecule is Cc1ncc(C(=O)N[C@H](CC(C)C)C(=O)O)cn1. The van der Waals surface area contributed by atoms with Crippen molar-refractivity contribution in [1.82, 2.24) is 15.3 Å². The Hall–Kier alpha value is -1.98. The van der Waals surface area contributed by atoms with Gasteiger partial charge in [0, 0.05) is 12.4 Å². The molecule has 1 amide bonds. The summed E-state index contributed by atoms with van der Waals surface area (Å²) in [5.74, 6) is -0.766. The fourth-order valence-corrected chi connectivity index (χ4v) is 1.44. The van der Waals surface area contributed by atoms with E-state index in [9.17, 15) is 9.59 Å². The Morgan fingerprint density at radius 1 is 1.33 bits per heavy atom. The van der Waals surface area contributed by atoms with Gasteiger partial charge in [-0.25, -0.2) is 14.8 Å². The highest BCUT2D eigenvalue weighted by Crippen LogP contribution is 2.06. The average Bonchev–Trinajstić information content (AvgIpc) is 2.28. The Bertz CT molecular complexity index is 429. The van der Waals surface area contributed by atoms with Crippen LogP contribution in [0.5, 0.6) is 0 Å². The van der Waals surface area contributed by atoms with Crippen LogP contribution in [0.25, 0.3) is 0 Å². The number of hydrogen-bond donors (Lipinski definition) is 2. The minimum atomic E-state index is -1.04. The first-order chi connectivity index (χ1) is 8.40. The molecule has 0 aliphatic rings. The highest BCUT2D eigenvalue weighted by Gasteiger charge is 2.21. The minimum absolute atomic E-state index is 0.181. The van der Waals surface area contributed by atoms with E-state index in [0.717, 1.165) is 0 Å². The lowest BCUT2D eigenvalue weighted by molar-refractivity contribution is -0.139. The molecule has 2 N–H and O–H groups in total. The molecule has 1 rings (SSSR count). The molecule has 6 heteroatoms. The van der Waals surface area contributed by atoms with Gasteiger partial charge in [0.2, 0.25) is 0 Å². The fourth-order valence-electron chi connectivity index (χ4n) is 1.44. The number of hydrogen-bond acceptors (Lipinski definition) is 4. The number of carboxylic acid groups (broad SMARTS) is 1. The van der Waals surface area contributed by atoms with E-state index in [4.69, 9.17) is 5.11 Å². The highest BCUT2D eigenvalue weighted by atomic mass is 16.4. The monoisotopic (exact) mass is 251 g/mol. The summed E-state index contributed by atoms with van der Waals surface area (Å²) >= 11 is 0. The van der Waals surface area contributed by atoms with Crippen LogP contribution in [0, 0.1) is 12.8 Å². The third-order valence-corrected chi connectivity index (χ3v) is 2.35. The van der Waals surface area contributed by atoms with Gasteiger partial charge in [-0.2, -0.15) is 0 Å². The van der Waals surface area contributed by atoms with Gasteiger partial charge in [-0.15, -0.1) is 0 Å². The minimum Gasteiger partial charge on any atom is -0.480 e. The maximum absolute atomic E-state index is 11.8. The second-order valence-electron chi connectivity index (χ2n) is 4.51. The van der Waals surface area contributed by atoms with Gasteiger partial charge in [-0.3, -0.25) is 4.79 Å². The van der Waals surface area contributed by atoms with Crippen LogP contribution < -0.4 is 5.32 Å². The van der Waals surface area contributed by atoms with Crippen LogP contribution >= 0.6 is 0 Å². The van der Waals surface area contributed by atoms with E-state index in [1.54, 1.807) is 6.92 Å². The van der Waals surface area contributed by atoms with Gasteiger partial charge >= 0.3 is 5.97 Å². The van der Waals surface area contributed by atoms with Crippen LogP contribution in [0.3, 0.4) is 0 Å². The molecule has 18 heavy (non-hydrogen) atoms. The topological polar surface area (TPSA) is 92.2 Å². The van der Waals surface area contributed by atoms with Crippen molar-refractivity contribution in [1.29, 1.82) is 0 Å². The number of carbonyl (C=O) groups is 2. The highest BCUT2D eigenvalue weighted by molar-refractivity contribution is 5.96. The summed E-state index contributed by atoms with van der Waals surface area (Å²) in [5.41, 5.74) is 0.260. The molecule has 0 radical (unpaired) electrons. The number of rotatable bonds is 5. The Morgan fingerprint density at radius 3 is 2.33 bits per heavy atom. The first kappa shape index (κ1) is 14.1. The zero-order chi connectivity index (χ0) is 13.7.